The summed E-state index contributed by atoms with van der Waals surface area (Å²) in [6.07, 6.45) is 33.6. The lowest BCUT2D eigenvalue weighted by molar-refractivity contribution is -0.870. The van der Waals surface area contributed by atoms with E-state index in [0.717, 1.165) is 95.0 Å². The van der Waals surface area contributed by atoms with Crippen LogP contribution in [0.5, 0.6) is 0 Å². The monoisotopic (exact) mass is 865 g/mol. The van der Waals surface area contributed by atoms with Crippen molar-refractivity contribution >= 4 is 19.8 Å². The second kappa shape index (κ2) is 31.3. The molecule has 11 nitrogen and oxygen atoms in total. The van der Waals surface area contributed by atoms with Crippen molar-refractivity contribution in [3.05, 3.63) is 59.1 Å². The number of phosphoric ester groups is 1. The van der Waals surface area contributed by atoms with E-state index in [1.165, 1.54) is 43.2 Å². The lowest BCUT2D eigenvalue weighted by Crippen LogP contribution is -2.37. The van der Waals surface area contributed by atoms with Crippen LogP contribution in [0.15, 0.2) is 40.9 Å². The lowest BCUT2D eigenvalue weighted by Gasteiger charge is -2.24. The van der Waals surface area contributed by atoms with E-state index in [1.54, 1.807) is 0 Å². The Balaban J connectivity index is 1.64. The van der Waals surface area contributed by atoms with Crippen LogP contribution < -0.4 is 0 Å². The highest BCUT2D eigenvalue weighted by molar-refractivity contribution is 7.47. The molecule has 0 radical (unpaired) electrons. The zero-order valence-corrected chi connectivity index (χ0v) is 39.5. The molecule has 60 heavy (non-hydrogen) atoms. The molecule has 12 heteroatoms. The van der Waals surface area contributed by atoms with Gasteiger partial charge in [0.05, 0.1) is 40.0 Å². The molecular weight excluding hydrogens is 781 g/mol. The highest BCUT2D eigenvalue weighted by atomic mass is 31.2. The second-order valence-electron chi connectivity index (χ2n) is 17.4. The van der Waals surface area contributed by atoms with Gasteiger partial charge in [-0.15, -0.1) is 0 Å². The number of quaternary nitrogens is 1. The van der Waals surface area contributed by atoms with E-state index >= 15 is 0 Å². The van der Waals surface area contributed by atoms with Gasteiger partial charge in [-0.1, -0.05) is 102 Å². The number of furan rings is 1. The van der Waals surface area contributed by atoms with Crippen LogP contribution in [-0.2, 0) is 50.3 Å². The van der Waals surface area contributed by atoms with Crippen molar-refractivity contribution in [2.75, 3.05) is 47.5 Å². The standard InChI is InChI=1S/C48H82NO10P/c1-8-10-11-12-20-26-32-45-46(59-45)33-27-22-17-15-19-23-28-34-47(50)54-38-42(39-56-60(52,53)55-37-36-49(5,6)7)57-48(51)35-29-24-18-14-13-16-21-25-31-44-41(4)40(3)43(58-44)30-9-2/h15,19-20,22,26-27,42,45-46H,8-14,16-18,21,23-25,28-39H2,1-7H3/p+1/b19-15-,26-20-,27-22-/t42-,45?,46?/m1/s1. The number of likely N-dealkylation sites (N-methyl/N-ethyl adjacent to an activating group) is 1. The summed E-state index contributed by atoms with van der Waals surface area (Å²) < 4.78 is 46.2. The number of esters is 2. The maximum Gasteiger partial charge on any atom is 0.472 e. The highest BCUT2D eigenvalue weighted by Gasteiger charge is 2.36. The lowest BCUT2D eigenvalue weighted by atomic mass is 10.0. The van der Waals surface area contributed by atoms with Crippen molar-refractivity contribution in [1.82, 2.24) is 0 Å². The Morgan fingerprint density at radius 3 is 1.95 bits per heavy atom. The van der Waals surface area contributed by atoms with Crippen LogP contribution in [0.4, 0.5) is 0 Å². The van der Waals surface area contributed by atoms with Crippen LogP contribution >= 0.6 is 7.82 Å². The number of carbonyl (C=O) groups is 2. The van der Waals surface area contributed by atoms with Crippen molar-refractivity contribution in [2.24, 2.45) is 0 Å². The third-order valence-electron chi connectivity index (χ3n) is 10.7. The molecule has 0 bridgehead atoms. The molecule has 0 aromatic carbocycles. The van der Waals surface area contributed by atoms with Gasteiger partial charge in [0.25, 0.3) is 0 Å². The number of hydrogen-bond donors (Lipinski definition) is 1. The fraction of sp³-hybridized carbons (Fsp3) is 0.750. The summed E-state index contributed by atoms with van der Waals surface area (Å²) in [5.41, 5.74) is 2.62. The summed E-state index contributed by atoms with van der Waals surface area (Å²) in [5.74, 6) is 1.39. The molecule has 0 aliphatic carbocycles. The van der Waals surface area contributed by atoms with Crippen molar-refractivity contribution in [3.8, 4) is 0 Å². The molecule has 0 amide bonds. The van der Waals surface area contributed by atoms with Crippen molar-refractivity contribution in [2.45, 2.75) is 187 Å². The number of ether oxygens (including phenoxy) is 3. The predicted molar refractivity (Wildman–Crippen MR) is 241 cm³/mol. The molecule has 2 rings (SSSR count). The predicted octanol–water partition coefficient (Wildman–Crippen LogP) is 11.6. The molecular formula is C48H83NO10P+. The summed E-state index contributed by atoms with van der Waals surface area (Å²) >= 11 is 0. The minimum atomic E-state index is -4.41. The smallest absolute Gasteiger partial charge is 0.466 e. The minimum absolute atomic E-state index is 0.0128. The summed E-state index contributed by atoms with van der Waals surface area (Å²) in [5, 5.41) is 0. The molecule has 0 saturated carbocycles. The molecule has 0 spiro atoms. The zero-order chi connectivity index (χ0) is 44.1. The maximum absolute atomic E-state index is 12.8. The second-order valence-corrected chi connectivity index (χ2v) is 18.9. The Bertz CT molecular complexity index is 1460. The molecule has 1 aromatic heterocycles. The van der Waals surface area contributed by atoms with Gasteiger partial charge in [-0.2, -0.15) is 0 Å². The van der Waals surface area contributed by atoms with Crippen molar-refractivity contribution in [1.29, 1.82) is 0 Å². The Hall–Kier alpha value is -2.53. The van der Waals surface area contributed by atoms with Gasteiger partial charge in [-0.05, 0) is 89.2 Å². The first-order valence-electron chi connectivity index (χ1n) is 23.2. The van der Waals surface area contributed by atoms with Crippen LogP contribution in [0.3, 0.4) is 0 Å². The molecule has 1 saturated heterocycles. The Labute approximate surface area is 363 Å². The maximum atomic E-state index is 12.8. The molecule has 3 unspecified atom stereocenters. The van der Waals surface area contributed by atoms with E-state index in [9.17, 15) is 19.0 Å². The number of unbranched alkanes of at least 4 members (excludes halogenated alkanes) is 11. The summed E-state index contributed by atoms with van der Waals surface area (Å²) in [6.45, 7) is 8.53. The zero-order valence-electron chi connectivity index (χ0n) is 38.6. The van der Waals surface area contributed by atoms with E-state index in [1.807, 2.05) is 21.1 Å². The fourth-order valence-corrected chi connectivity index (χ4v) is 7.48. The van der Waals surface area contributed by atoms with Gasteiger partial charge < -0.3 is 28.0 Å². The van der Waals surface area contributed by atoms with Crippen LogP contribution in [0, 0.1) is 13.8 Å². The van der Waals surface area contributed by atoms with E-state index < -0.39 is 32.5 Å². The number of aryl methyl sites for hydroxylation is 2. The summed E-state index contributed by atoms with van der Waals surface area (Å²) in [4.78, 5) is 35.5. The average molecular weight is 865 g/mol. The Morgan fingerprint density at radius 2 is 1.28 bits per heavy atom. The fourth-order valence-electron chi connectivity index (χ4n) is 6.74. The van der Waals surface area contributed by atoms with Crippen LogP contribution in [0.25, 0.3) is 0 Å². The largest absolute Gasteiger partial charge is 0.472 e. The van der Waals surface area contributed by atoms with Gasteiger partial charge in [0.2, 0.25) is 0 Å². The van der Waals surface area contributed by atoms with E-state index in [4.69, 9.17) is 27.7 Å². The third kappa shape index (κ3) is 26.7. The minimum Gasteiger partial charge on any atom is -0.466 e. The van der Waals surface area contributed by atoms with Gasteiger partial charge >= 0.3 is 19.8 Å². The first-order chi connectivity index (χ1) is 28.7. The molecule has 1 N–H and O–H groups in total. The van der Waals surface area contributed by atoms with Gasteiger partial charge in [0, 0.05) is 25.7 Å². The van der Waals surface area contributed by atoms with Crippen molar-refractivity contribution < 1.29 is 51.2 Å². The molecule has 1 aliphatic heterocycles. The Morgan fingerprint density at radius 1 is 0.700 bits per heavy atom. The highest BCUT2D eigenvalue weighted by Crippen LogP contribution is 2.43. The molecule has 344 valence electrons. The van der Waals surface area contributed by atoms with Gasteiger partial charge in [0.15, 0.2) is 6.10 Å². The SMILES string of the molecule is CCCCC/C=C\CC1OC1C/C=C\C/C=C\CCCC(=O)OC[C@H](COP(=O)(O)OCC[N+](C)(C)C)OC(=O)CCCCCCCCCCc1oc(CCC)c(C)c1C. The molecule has 1 aromatic rings. The van der Waals surface area contributed by atoms with Crippen LogP contribution in [-0.4, -0.2) is 87.1 Å². The van der Waals surface area contributed by atoms with Crippen LogP contribution in [0.1, 0.15) is 165 Å². The van der Waals surface area contributed by atoms with Crippen molar-refractivity contribution in [3.63, 3.8) is 0 Å². The van der Waals surface area contributed by atoms with Gasteiger partial charge in [-0.3, -0.25) is 18.6 Å². The number of rotatable bonds is 37. The number of epoxide rings is 1. The van der Waals surface area contributed by atoms with E-state index in [-0.39, 0.29) is 26.1 Å². The topological polar surface area (TPSA) is 134 Å². The third-order valence-corrected chi connectivity index (χ3v) is 11.7. The van der Waals surface area contributed by atoms with Gasteiger partial charge in [0.1, 0.15) is 31.3 Å². The molecule has 1 aliphatic rings. The quantitative estimate of drug-likeness (QED) is 0.0172. The molecule has 4 atom stereocenters. The van der Waals surface area contributed by atoms with E-state index in [0.29, 0.717) is 36.1 Å². The molecule has 2 heterocycles. The number of carbonyl (C=O) groups excluding carboxylic acids is 2. The van der Waals surface area contributed by atoms with Crippen LogP contribution in [0.2, 0.25) is 0 Å². The first-order valence-corrected chi connectivity index (χ1v) is 24.7. The number of hydrogen-bond acceptors (Lipinski definition) is 9. The number of phosphoric acid groups is 1. The first kappa shape index (κ1) is 53.6. The van der Waals surface area contributed by atoms with E-state index in [2.05, 4.69) is 64.2 Å². The molecule has 1 fully saturated rings. The summed E-state index contributed by atoms with van der Waals surface area (Å²) in [7, 11) is 1.41. The Kier molecular flexibility index (Phi) is 28.0. The number of nitrogens with zero attached hydrogens (tertiary/aromatic N) is 1. The van der Waals surface area contributed by atoms with Gasteiger partial charge in [-0.25, -0.2) is 4.57 Å². The normalized spacial score (nSPS) is 17.2. The average Bonchev–Trinajstić information content (AvgIpc) is 3.89. The number of allylic oxidation sites excluding steroid dienone is 4. The summed E-state index contributed by atoms with van der Waals surface area (Å²) in [6, 6.07) is 0.